The van der Waals surface area contributed by atoms with Crippen molar-refractivity contribution < 1.29 is 9.69 Å². The maximum atomic E-state index is 12.4. The van der Waals surface area contributed by atoms with E-state index in [1.165, 1.54) is 36.3 Å². The smallest absolute Gasteiger partial charge is 0.248 e. The highest BCUT2D eigenvalue weighted by Gasteiger charge is 2.19. The third kappa shape index (κ3) is 5.35. The van der Waals surface area contributed by atoms with Gasteiger partial charge >= 0.3 is 0 Å². The molecule has 0 unspecified atom stereocenters. The van der Waals surface area contributed by atoms with Crippen LogP contribution in [0.15, 0.2) is 42.5 Å². The normalized spacial score (nSPS) is 18.7. The first-order chi connectivity index (χ1) is 15.0. The van der Waals surface area contributed by atoms with Crippen LogP contribution < -0.4 is 10.2 Å². The van der Waals surface area contributed by atoms with Gasteiger partial charge in [0.1, 0.15) is 13.1 Å². The third-order valence-electron chi connectivity index (χ3n) is 6.13. The van der Waals surface area contributed by atoms with Crippen molar-refractivity contribution in [2.24, 2.45) is 5.92 Å². The molecule has 3 aromatic rings. The molecule has 4 rings (SSSR count). The Bertz CT molecular complexity index is 1010. The Morgan fingerprint density at radius 3 is 2.45 bits per heavy atom. The van der Waals surface area contributed by atoms with E-state index in [0.717, 1.165) is 34.8 Å². The summed E-state index contributed by atoms with van der Waals surface area (Å²) in [6, 6.07) is 14.3. The Morgan fingerprint density at radius 1 is 1.10 bits per heavy atom. The summed E-state index contributed by atoms with van der Waals surface area (Å²) in [5.74, 6) is 1.23. The minimum atomic E-state index is -0.171. The highest BCUT2D eigenvalue weighted by molar-refractivity contribution is 5.92. The van der Waals surface area contributed by atoms with Crippen molar-refractivity contribution in [3.8, 4) is 11.4 Å². The maximum Gasteiger partial charge on any atom is 0.248 e. The predicted molar refractivity (Wildman–Crippen MR) is 121 cm³/mol. The first-order valence-corrected chi connectivity index (χ1v) is 11.0. The number of nitrogens with zero attached hydrogens (tertiary/aromatic N) is 4. The number of nitrogens with one attached hydrogen (secondary N) is 2. The molecule has 1 saturated heterocycles. The van der Waals surface area contributed by atoms with Crippen molar-refractivity contribution in [3.63, 3.8) is 0 Å². The van der Waals surface area contributed by atoms with E-state index in [1.54, 1.807) is 4.90 Å². The largest absolute Gasteiger partial charge is 0.331 e. The first kappa shape index (κ1) is 21.2. The number of quaternary nitrogens is 1. The molecule has 1 aromatic heterocycles. The molecule has 0 saturated carbocycles. The number of aromatic nitrogens is 4. The Labute approximate surface area is 183 Å². The van der Waals surface area contributed by atoms with Gasteiger partial charge in [0.2, 0.25) is 11.7 Å². The monoisotopic (exact) mass is 419 g/mol. The molecule has 0 radical (unpaired) electrons. The zero-order valence-corrected chi connectivity index (χ0v) is 18.6. The molecule has 1 aliphatic rings. The van der Waals surface area contributed by atoms with E-state index in [9.17, 15) is 4.79 Å². The second-order valence-corrected chi connectivity index (χ2v) is 8.76. The predicted octanol–water partition coefficient (Wildman–Crippen LogP) is 2.41. The second kappa shape index (κ2) is 9.39. The molecular weight excluding hydrogens is 388 g/mol. The van der Waals surface area contributed by atoms with Crippen LogP contribution in [0.4, 0.5) is 5.69 Å². The number of carbonyl (C=O) groups is 1. The van der Waals surface area contributed by atoms with Gasteiger partial charge in [0.25, 0.3) is 0 Å². The number of anilines is 1. The highest BCUT2D eigenvalue weighted by Crippen LogP contribution is 2.19. The van der Waals surface area contributed by atoms with Crippen LogP contribution in [0.3, 0.4) is 0 Å². The number of piperidine rings is 1. The van der Waals surface area contributed by atoms with E-state index in [2.05, 4.69) is 39.8 Å². The lowest BCUT2D eigenvalue weighted by atomic mass is 9.99. The van der Waals surface area contributed by atoms with Crippen LogP contribution in [0, 0.1) is 19.8 Å². The summed E-state index contributed by atoms with van der Waals surface area (Å²) in [5, 5.41) is 15.5. The molecule has 0 bridgehead atoms. The molecule has 31 heavy (non-hydrogen) atoms. The van der Waals surface area contributed by atoms with Crippen molar-refractivity contribution in [3.05, 3.63) is 59.2 Å². The summed E-state index contributed by atoms with van der Waals surface area (Å²) in [6.07, 6.45) is 2.63. The lowest BCUT2D eigenvalue weighted by molar-refractivity contribution is -0.919. The Balaban J connectivity index is 1.35. The SMILES string of the molecule is Cc1cccc(C)c1NC(=O)Cn1nnc(-c2ccc(C[NH+]3CCC(C)CC3)cc2)n1. The highest BCUT2D eigenvalue weighted by atomic mass is 16.2. The summed E-state index contributed by atoms with van der Waals surface area (Å²) >= 11 is 0. The zero-order valence-electron chi connectivity index (χ0n) is 18.6. The topological polar surface area (TPSA) is 77.1 Å². The van der Waals surface area contributed by atoms with E-state index in [1.807, 2.05) is 44.2 Å². The Hall–Kier alpha value is -3.06. The number of rotatable bonds is 6. The van der Waals surface area contributed by atoms with E-state index in [4.69, 9.17) is 0 Å². The van der Waals surface area contributed by atoms with Crippen molar-refractivity contribution >= 4 is 11.6 Å². The molecule has 2 N–H and O–H groups in total. The Kier molecular flexibility index (Phi) is 6.42. The molecule has 2 aromatic carbocycles. The lowest BCUT2D eigenvalue weighted by Gasteiger charge is -2.27. The average Bonchev–Trinajstić information content (AvgIpc) is 3.21. The fraction of sp³-hybridized carbons (Fsp3) is 0.417. The molecular formula is C24H31N6O+. The van der Waals surface area contributed by atoms with E-state index in [0.29, 0.717) is 5.82 Å². The van der Waals surface area contributed by atoms with Crippen molar-refractivity contribution in [1.82, 2.24) is 20.2 Å². The number of amides is 1. The quantitative estimate of drug-likeness (QED) is 0.643. The van der Waals surface area contributed by atoms with Gasteiger partial charge in [0.05, 0.1) is 13.1 Å². The second-order valence-electron chi connectivity index (χ2n) is 8.76. The van der Waals surface area contributed by atoms with Crippen molar-refractivity contribution in [2.75, 3.05) is 18.4 Å². The number of benzene rings is 2. The molecule has 7 nitrogen and oxygen atoms in total. The van der Waals surface area contributed by atoms with Gasteiger partial charge in [-0.25, -0.2) is 0 Å². The minimum Gasteiger partial charge on any atom is -0.331 e. The molecule has 1 fully saturated rings. The van der Waals surface area contributed by atoms with E-state index < -0.39 is 0 Å². The number of carbonyl (C=O) groups excluding carboxylic acids is 1. The van der Waals surface area contributed by atoms with Gasteiger partial charge in [-0.15, -0.1) is 10.2 Å². The summed E-state index contributed by atoms with van der Waals surface area (Å²) in [6.45, 7) is 9.89. The van der Waals surface area contributed by atoms with Crippen molar-refractivity contribution in [2.45, 2.75) is 46.7 Å². The fourth-order valence-corrected chi connectivity index (χ4v) is 4.15. The van der Waals surface area contributed by atoms with Gasteiger partial charge < -0.3 is 10.2 Å². The molecule has 0 spiro atoms. The van der Waals surface area contributed by atoms with Crippen LogP contribution in [0.25, 0.3) is 11.4 Å². The van der Waals surface area contributed by atoms with E-state index in [-0.39, 0.29) is 12.5 Å². The molecule has 2 heterocycles. The number of aryl methyl sites for hydroxylation is 2. The van der Waals surface area contributed by atoms with Gasteiger partial charge in [-0.3, -0.25) is 4.79 Å². The fourth-order valence-electron chi connectivity index (χ4n) is 4.15. The van der Waals surface area contributed by atoms with Gasteiger partial charge in [0, 0.05) is 16.8 Å². The first-order valence-electron chi connectivity index (χ1n) is 11.0. The number of para-hydroxylation sites is 1. The number of tetrazole rings is 1. The average molecular weight is 420 g/mol. The number of likely N-dealkylation sites (tertiary alicyclic amines) is 1. The van der Waals surface area contributed by atoms with Crippen LogP contribution in [0.1, 0.15) is 36.5 Å². The molecule has 7 heteroatoms. The van der Waals surface area contributed by atoms with Crippen LogP contribution in [0.5, 0.6) is 0 Å². The zero-order chi connectivity index (χ0) is 21.8. The number of hydrogen-bond donors (Lipinski definition) is 2. The molecule has 0 aliphatic carbocycles. The van der Waals surface area contributed by atoms with Gasteiger partial charge in [-0.1, -0.05) is 49.4 Å². The summed E-state index contributed by atoms with van der Waals surface area (Å²) in [7, 11) is 0. The van der Waals surface area contributed by atoms with Gasteiger partial charge in [-0.2, -0.15) is 4.80 Å². The van der Waals surface area contributed by atoms with Crippen LogP contribution in [-0.4, -0.2) is 39.2 Å². The molecule has 0 atom stereocenters. The molecule has 1 aliphatic heterocycles. The van der Waals surface area contributed by atoms with Crippen molar-refractivity contribution in [1.29, 1.82) is 0 Å². The van der Waals surface area contributed by atoms with Crippen LogP contribution >= 0.6 is 0 Å². The molecule has 1 amide bonds. The summed E-state index contributed by atoms with van der Waals surface area (Å²) < 4.78 is 0. The van der Waals surface area contributed by atoms with Crippen LogP contribution in [0.2, 0.25) is 0 Å². The summed E-state index contributed by atoms with van der Waals surface area (Å²) in [5.41, 5.74) is 5.14. The maximum absolute atomic E-state index is 12.4. The van der Waals surface area contributed by atoms with Crippen LogP contribution in [-0.2, 0) is 17.9 Å². The Morgan fingerprint density at radius 2 is 1.77 bits per heavy atom. The van der Waals surface area contributed by atoms with Gasteiger partial charge in [-0.05, 0) is 48.9 Å². The van der Waals surface area contributed by atoms with Gasteiger partial charge in [0.15, 0.2) is 0 Å². The van der Waals surface area contributed by atoms with E-state index >= 15 is 0 Å². The lowest BCUT2D eigenvalue weighted by Crippen LogP contribution is -3.11. The third-order valence-corrected chi connectivity index (χ3v) is 6.13. The summed E-state index contributed by atoms with van der Waals surface area (Å²) in [4.78, 5) is 15.4. The molecule has 162 valence electrons. The number of hydrogen-bond acceptors (Lipinski definition) is 4. The standard InChI is InChI=1S/C24H30N6O/c1-17-11-13-29(14-12-17)15-20-7-9-21(10-8-20)24-26-28-30(27-24)16-22(31)25-23-18(2)5-4-6-19(23)3/h4-10,17H,11-16H2,1-3H3,(H,25,31)/p+1. The minimum absolute atomic E-state index is 0.0234.